The normalized spacial score (nSPS) is 30.4. The number of nitrogens with zero attached hydrogens (tertiary/aromatic N) is 1. The van der Waals surface area contributed by atoms with Crippen LogP contribution in [0, 0.1) is 5.82 Å². The molecule has 4 nitrogen and oxygen atoms in total. The minimum atomic E-state index is -1.09. The van der Waals surface area contributed by atoms with Gasteiger partial charge in [0, 0.05) is 18.6 Å². The molecular formula is C15H19FN2O2. The van der Waals surface area contributed by atoms with Crippen molar-refractivity contribution < 1.29 is 14.3 Å². The second-order valence-corrected chi connectivity index (χ2v) is 5.95. The lowest BCUT2D eigenvalue weighted by Gasteiger charge is -2.27. The molecule has 1 aromatic rings. The van der Waals surface area contributed by atoms with E-state index in [-0.39, 0.29) is 11.7 Å². The highest BCUT2D eigenvalue weighted by Crippen LogP contribution is 2.39. The summed E-state index contributed by atoms with van der Waals surface area (Å²) in [5.74, 6) is -1.32. The molecule has 2 atom stereocenters. The number of para-hydroxylation sites is 1. The molecule has 1 heterocycles. The van der Waals surface area contributed by atoms with Gasteiger partial charge >= 0.3 is 5.97 Å². The SMILES string of the molecule is CC1CC(Nc2ccccc2F)(C(=O)O)CN1C1CC1. The zero-order valence-corrected chi connectivity index (χ0v) is 11.5. The van der Waals surface area contributed by atoms with Crippen LogP contribution in [0.5, 0.6) is 0 Å². The fraction of sp³-hybridized carbons (Fsp3) is 0.533. The molecule has 1 aliphatic carbocycles. The third-order valence-electron chi connectivity index (χ3n) is 4.34. The Bertz CT molecular complexity index is 532. The standard InChI is InChI=1S/C15H19FN2O2/c1-10-8-15(14(19)20,9-18(10)11-6-7-11)17-13-5-3-2-4-12(13)16/h2-5,10-11,17H,6-9H2,1H3,(H,19,20). The van der Waals surface area contributed by atoms with Crippen LogP contribution < -0.4 is 5.32 Å². The molecule has 20 heavy (non-hydrogen) atoms. The van der Waals surface area contributed by atoms with Gasteiger partial charge < -0.3 is 10.4 Å². The molecule has 108 valence electrons. The van der Waals surface area contributed by atoms with Crippen LogP contribution in [0.15, 0.2) is 24.3 Å². The lowest BCUT2D eigenvalue weighted by atomic mass is 9.96. The first-order valence-electron chi connectivity index (χ1n) is 7.04. The van der Waals surface area contributed by atoms with E-state index in [2.05, 4.69) is 10.2 Å². The van der Waals surface area contributed by atoms with E-state index in [0.29, 0.717) is 19.0 Å². The van der Waals surface area contributed by atoms with Crippen molar-refractivity contribution in [1.82, 2.24) is 4.90 Å². The van der Waals surface area contributed by atoms with Gasteiger partial charge in [0.2, 0.25) is 0 Å². The van der Waals surface area contributed by atoms with Crippen molar-refractivity contribution in [2.75, 3.05) is 11.9 Å². The quantitative estimate of drug-likeness (QED) is 0.887. The van der Waals surface area contributed by atoms with Gasteiger partial charge in [0.05, 0.1) is 5.69 Å². The number of anilines is 1. The summed E-state index contributed by atoms with van der Waals surface area (Å²) in [4.78, 5) is 14.0. The summed E-state index contributed by atoms with van der Waals surface area (Å²) in [5.41, 5.74) is -0.829. The number of hydrogen-bond acceptors (Lipinski definition) is 3. The van der Waals surface area contributed by atoms with Gasteiger partial charge in [0.1, 0.15) is 11.4 Å². The fourth-order valence-electron chi connectivity index (χ4n) is 3.17. The van der Waals surface area contributed by atoms with E-state index >= 15 is 0 Å². The summed E-state index contributed by atoms with van der Waals surface area (Å²) >= 11 is 0. The Hall–Kier alpha value is -1.62. The molecule has 2 aliphatic rings. The largest absolute Gasteiger partial charge is 0.479 e. The van der Waals surface area contributed by atoms with E-state index in [1.54, 1.807) is 18.2 Å². The highest BCUT2D eigenvalue weighted by atomic mass is 19.1. The average molecular weight is 278 g/mol. The second-order valence-electron chi connectivity index (χ2n) is 5.95. The first kappa shape index (κ1) is 13.4. The van der Waals surface area contributed by atoms with Crippen molar-refractivity contribution >= 4 is 11.7 Å². The maximum Gasteiger partial charge on any atom is 0.330 e. The van der Waals surface area contributed by atoms with Gasteiger partial charge in [-0.15, -0.1) is 0 Å². The van der Waals surface area contributed by atoms with Crippen LogP contribution in [0.3, 0.4) is 0 Å². The average Bonchev–Trinajstić information content (AvgIpc) is 3.17. The minimum absolute atomic E-state index is 0.206. The molecule has 0 aromatic heterocycles. The number of carboxylic acids is 1. The van der Waals surface area contributed by atoms with Gasteiger partial charge in [-0.3, -0.25) is 4.90 Å². The summed E-state index contributed by atoms with van der Waals surface area (Å²) < 4.78 is 13.8. The molecule has 1 saturated carbocycles. The molecule has 0 amide bonds. The molecule has 1 aromatic carbocycles. The van der Waals surface area contributed by atoms with Crippen LogP contribution in [-0.2, 0) is 4.79 Å². The van der Waals surface area contributed by atoms with E-state index in [1.165, 1.54) is 6.07 Å². The molecule has 1 saturated heterocycles. The van der Waals surface area contributed by atoms with E-state index < -0.39 is 17.3 Å². The van der Waals surface area contributed by atoms with E-state index in [1.807, 2.05) is 6.92 Å². The number of carbonyl (C=O) groups is 1. The lowest BCUT2D eigenvalue weighted by molar-refractivity contribution is -0.141. The number of rotatable bonds is 4. The summed E-state index contributed by atoms with van der Waals surface area (Å²) in [5, 5.41) is 12.6. The fourth-order valence-corrected chi connectivity index (χ4v) is 3.17. The summed E-state index contributed by atoms with van der Waals surface area (Å²) in [6.45, 7) is 2.48. The minimum Gasteiger partial charge on any atom is -0.479 e. The van der Waals surface area contributed by atoms with Crippen LogP contribution in [0.4, 0.5) is 10.1 Å². The first-order valence-corrected chi connectivity index (χ1v) is 7.04. The molecule has 2 fully saturated rings. The third kappa shape index (κ3) is 2.26. The molecule has 0 spiro atoms. The Morgan fingerprint density at radius 2 is 2.15 bits per heavy atom. The monoisotopic (exact) mass is 278 g/mol. The Morgan fingerprint density at radius 3 is 2.75 bits per heavy atom. The molecular weight excluding hydrogens is 259 g/mol. The van der Waals surface area contributed by atoms with Gasteiger partial charge in [-0.05, 0) is 38.3 Å². The van der Waals surface area contributed by atoms with E-state index in [0.717, 1.165) is 12.8 Å². The van der Waals surface area contributed by atoms with Crippen LogP contribution in [-0.4, -0.2) is 40.1 Å². The number of aliphatic carboxylic acids is 1. The molecule has 3 rings (SSSR count). The summed E-state index contributed by atoms with van der Waals surface area (Å²) in [6, 6.07) is 6.95. The third-order valence-corrected chi connectivity index (χ3v) is 4.34. The Balaban J connectivity index is 1.86. The number of carboxylic acid groups (broad SMARTS) is 1. The second kappa shape index (κ2) is 4.74. The molecule has 5 heteroatoms. The van der Waals surface area contributed by atoms with Crippen molar-refractivity contribution in [2.45, 2.75) is 43.8 Å². The van der Waals surface area contributed by atoms with Gasteiger partial charge in [-0.25, -0.2) is 9.18 Å². The maximum atomic E-state index is 13.8. The van der Waals surface area contributed by atoms with Crippen molar-refractivity contribution in [1.29, 1.82) is 0 Å². The van der Waals surface area contributed by atoms with Gasteiger partial charge in [-0.1, -0.05) is 12.1 Å². The zero-order chi connectivity index (χ0) is 14.3. The van der Waals surface area contributed by atoms with Crippen LogP contribution in [0.25, 0.3) is 0 Å². The van der Waals surface area contributed by atoms with Gasteiger partial charge in [0.15, 0.2) is 0 Å². The maximum absolute atomic E-state index is 13.8. The summed E-state index contributed by atoms with van der Waals surface area (Å²) in [7, 11) is 0. The van der Waals surface area contributed by atoms with E-state index in [9.17, 15) is 14.3 Å². The van der Waals surface area contributed by atoms with Crippen molar-refractivity contribution in [3.8, 4) is 0 Å². The Labute approximate surface area is 117 Å². The van der Waals surface area contributed by atoms with Gasteiger partial charge in [-0.2, -0.15) is 0 Å². The predicted molar refractivity (Wildman–Crippen MR) is 74.2 cm³/mol. The Morgan fingerprint density at radius 1 is 1.45 bits per heavy atom. The number of likely N-dealkylation sites (tertiary alicyclic amines) is 1. The number of benzene rings is 1. The highest BCUT2D eigenvalue weighted by molar-refractivity contribution is 5.84. The van der Waals surface area contributed by atoms with Crippen molar-refractivity contribution in [2.24, 2.45) is 0 Å². The van der Waals surface area contributed by atoms with Gasteiger partial charge in [0.25, 0.3) is 0 Å². The molecule has 2 N–H and O–H groups in total. The van der Waals surface area contributed by atoms with Crippen molar-refractivity contribution in [3.63, 3.8) is 0 Å². The van der Waals surface area contributed by atoms with Crippen LogP contribution in [0.1, 0.15) is 26.2 Å². The first-order chi connectivity index (χ1) is 9.52. The molecule has 0 radical (unpaired) electrons. The predicted octanol–water partition coefficient (Wildman–Crippen LogP) is 2.32. The molecule has 0 bridgehead atoms. The Kier molecular flexibility index (Phi) is 3.17. The van der Waals surface area contributed by atoms with Crippen LogP contribution in [0.2, 0.25) is 0 Å². The molecule has 1 aliphatic heterocycles. The van der Waals surface area contributed by atoms with Crippen molar-refractivity contribution in [3.05, 3.63) is 30.1 Å². The zero-order valence-electron chi connectivity index (χ0n) is 11.5. The summed E-state index contributed by atoms with van der Waals surface area (Å²) in [6.07, 6.45) is 2.77. The smallest absolute Gasteiger partial charge is 0.330 e. The highest BCUT2D eigenvalue weighted by Gasteiger charge is 2.51. The lowest BCUT2D eigenvalue weighted by Crippen LogP contribution is -2.49. The molecule has 2 unspecified atom stereocenters. The van der Waals surface area contributed by atoms with E-state index in [4.69, 9.17) is 0 Å². The number of hydrogen-bond donors (Lipinski definition) is 2. The van der Waals surface area contributed by atoms with Crippen LogP contribution >= 0.6 is 0 Å². The topological polar surface area (TPSA) is 52.6 Å². The number of halogens is 1. The number of nitrogens with one attached hydrogen (secondary N) is 1.